The molecule has 0 spiro atoms. The Morgan fingerprint density at radius 3 is 2.29 bits per heavy atom. The van der Waals surface area contributed by atoms with Crippen LogP contribution in [0.25, 0.3) is 11.1 Å². The summed E-state index contributed by atoms with van der Waals surface area (Å²) in [6.45, 7) is 0. The van der Waals surface area contributed by atoms with Crippen molar-refractivity contribution in [2.45, 2.75) is 5.75 Å². The molecule has 86 valence electrons. The van der Waals surface area contributed by atoms with Gasteiger partial charge in [-0.25, -0.2) is 4.79 Å². The third-order valence-corrected chi connectivity index (χ3v) is 2.97. The third-order valence-electron chi connectivity index (χ3n) is 2.60. The topological polar surface area (TPSA) is 37.3 Å². The number of thiol groups is 1. The van der Waals surface area contributed by atoms with Crippen molar-refractivity contribution in [2.75, 3.05) is 0 Å². The van der Waals surface area contributed by atoms with Gasteiger partial charge in [0.05, 0.1) is 5.56 Å². The molecule has 0 radical (unpaired) electrons. The largest absolute Gasteiger partial charge is 0.478 e. The Labute approximate surface area is 105 Å². The highest BCUT2D eigenvalue weighted by molar-refractivity contribution is 7.79. The molecule has 2 aromatic rings. The lowest BCUT2D eigenvalue weighted by Crippen LogP contribution is -1.98. The average molecular weight is 244 g/mol. The fraction of sp³-hybridized carbons (Fsp3) is 0.0714. The maximum Gasteiger partial charge on any atom is 0.336 e. The van der Waals surface area contributed by atoms with Crippen LogP contribution in [0.1, 0.15) is 15.9 Å². The zero-order valence-electron chi connectivity index (χ0n) is 9.13. The minimum absolute atomic E-state index is 0.325. The fourth-order valence-corrected chi connectivity index (χ4v) is 1.92. The van der Waals surface area contributed by atoms with Crippen LogP contribution in [0, 0.1) is 0 Å². The van der Waals surface area contributed by atoms with E-state index in [0.717, 1.165) is 16.7 Å². The summed E-state index contributed by atoms with van der Waals surface area (Å²) < 4.78 is 0. The molecule has 0 aromatic heterocycles. The summed E-state index contributed by atoms with van der Waals surface area (Å²) in [5.41, 5.74) is 3.09. The summed E-state index contributed by atoms with van der Waals surface area (Å²) in [6.07, 6.45) is 0. The number of carboxylic acid groups (broad SMARTS) is 1. The van der Waals surface area contributed by atoms with E-state index in [-0.39, 0.29) is 0 Å². The molecule has 2 nitrogen and oxygen atoms in total. The van der Waals surface area contributed by atoms with Gasteiger partial charge in [0, 0.05) is 5.75 Å². The monoisotopic (exact) mass is 244 g/mol. The molecule has 3 heteroatoms. The van der Waals surface area contributed by atoms with E-state index in [1.807, 2.05) is 36.4 Å². The quantitative estimate of drug-likeness (QED) is 0.811. The highest BCUT2D eigenvalue weighted by atomic mass is 32.1. The minimum Gasteiger partial charge on any atom is -0.478 e. The Hall–Kier alpha value is -1.74. The first-order chi connectivity index (χ1) is 8.22. The predicted molar refractivity (Wildman–Crippen MR) is 71.5 cm³/mol. The first-order valence-corrected chi connectivity index (χ1v) is 5.88. The third kappa shape index (κ3) is 2.50. The lowest BCUT2D eigenvalue weighted by molar-refractivity contribution is 0.0698. The van der Waals surface area contributed by atoms with E-state index >= 15 is 0 Å². The molecule has 0 atom stereocenters. The molecule has 2 rings (SSSR count). The van der Waals surface area contributed by atoms with E-state index < -0.39 is 5.97 Å². The number of hydrogen-bond acceptors (Lipinski definition) is 2. The summed E-state index contributed by atoms with van der Waals surface area (Å²) in [4.78, 5) is 11.1. The van der Waals surface area contributed by atoms with Gasteiger partial charge < -0.3 is 5.11 Å². The molecule has 0 amide bonds. The molecular weight excluding hydrogens is 232 g/mol. The second kappa shape index (κ2) is 5.06. The summed E-state index contributed by atoms with van der Waals surface area (Å²) in [6, 6.07) is 14.8. The Morgan fingerprint density at radius 1 is 1.06 bits per heavy atom. The van der Waals surface area contributed by atoms with Gasteiger partial charge in [-0.3, -0.25) is 0 Å². The van der Waals surface area contributed by atoms with Gasteiger partial charge in [0.2, 0.25) is 0 Å². The van der Waals surface area contributed by atoms with E-state index in [4.69, 9.17) is 5.11 Å². The van der Waals surface area contributed by atoms with Gasteiger partial charge in [-0.1, -0.05) is 42.5 Å². The molecule has 0 saturated carbocycles. The Bertz CT molecular complexity index is 532. The first kappa shape index (κ1) is 11.7. The molecule has 0 aliphatic carbocycles. The van der Waals surface area contributed by atoms with Crippen molar-refractivity contribution < 1.29 is 9.90 Å². The van der Waals surface area contributed by atoms with Crippen molar-refractivity contribution >= 4 is 18.6 Å². The molecule has 0 aliphatic heterocycles. The molecule has 2 aromatic carbocycles. The van der Waals surface area contributed by atoms with Gasteiger partial charge in [0.25, 0.3) is 0 Å². The first-order valence-electron chi connectivity index (χ1n) is 5.25. The van der Waals surface area contributed by atoms with E-state index in [1.165, 1.54) is 0 Å². The lowest BCUT2D eigenvalue weighted by atomic mass is 9.99. The fourth-order valence-electron chi connectivity index (χ4n) is 1.71. The number of carbonyl (C=O) groups is 1. The number of rotatable bonds is 3. The van der Waals surface area contributed by atoms with Gasteiger partial charge in [-0.05, 0) is 22.8 Å². The Balaban J connectivity index is 2.48. The molecule has 0 saturated heterocycles. The normalized spacial score (nSPS) is 10.2. The maximum absolute atomic E-state index is 11.1. The standard InChI is InChI=1S/C14H12O2S/c15-14(16)13-4-2-1-3-12(13)11-7-5-10(9-17)6-8-11/h1-8,17H,9H2,(H,15,16). The predicted octanol–water partition coefficient (Wildman–Crippen LogP) is 3.48. The van der Waals surface area contributed by atoms with Crippen molar-refractivity contribution in [3.8, 4) is 11.1 Å². The van der Waals surface area contributed by atoms with Crippen LogP contribution in [-0.2, 0) is 5.75 Å². The van der Waals surface area contributed by atoms with Crippen LogP contribution in [0.5, 0.6) is 0 Å². The zero-order valence-corrected chi connectivity index (χ0v) is 10.0. The van der Waals surface area contributed by atoms with Gasteiger partial charge in [-0.15, -0.1) is 0 Å². The lowest BCUT2D eigenvalue weighted by Gasteiger charge is -2.06. The molecular formula is C14H12O2S. The number of aromatic carboxylic acids is 1. The molecule has 1 N–H and O–H groups in total. The second-order valence-electron chi connectivity index (χ2n) is 3.71. The SMILES string of the molecule is O=C(O)c1ccccc1-c1ccc(CS)cc1. The Morgan fingerprint density at radius 2 is 1.71 bits per heavy atom. The highest BCUT2D eigenvalue weighted by Gasteiger charge is 2.10. The van der Waals surface area contributed by atoms with E-state index in [2.05, 4.69) is 12.6 Å². The van der Waals surface area contributed by atoms with Crippen LogP contribution >= 0.6 is 12.6 Å². The van der Waals surface area contributed by atoms with Gasteiger partial charge >= 0.3 is 5.97 Å². The van der Waals surface area contributed by atoms with Crippen molar-refractivity contribution in [2.24, 2.45) is 0 Å². The van der Waals surface area contributed by atoms with Crippen molar-refractivity contribution in [3.05, 3.63) is 59.7 Å². The molecule has 0 aliphatic rings. The zero-order chi connectivity index (χ0) is 12.3. The summed E-state index contributed by atoms with van der Waals surface area (Å²) in [5.74, 6) is -0.222. The summed E-state index contributed by atoms with van der Waals surface area (Å²) >= 11 is 4.19. The van der Waals surface area contributed by atoms with Crippen molar-refractivity contribution in [3.63, 3.8) is 0 Å². The molecule has 0 bridgehead atoms. The summed E-state index contributed by atoms with van der Waals surface area (Å²) in [7, 11) is 0. The number of carboxylic acids is 1. The highest BCUT2D eigenvalue weighted by Crippen LogP contribution is 2.24. The van der Waals surface area contributed by atoms with E-state index in [0.29, 0.717) is 11.3 Å². The number of benzene rings is 2. The molecule has 0 heterocycles. The minimum atomic E-state index is -0.904. The number of hydrogen-bond donors (Lipinski definition) is 2. The van der Waals surface area contributed by atoms with Crippen LogP contribution < -0.4 is 0 Å². The van der Waals surface area contributed by atoms with Gasteiger partial charge in [0.1, 0.15) is 0 Å². The maximum atomic E-state index is 11.1. The Kier molecular flexibility index (Phi) is 3.49. The van der Waals surface area contributed by atoms with E-state index in [9.17, 15) is 4.79 Å². The van der Waals surface area contributed by atoms with Crippen LogP contribution in [0.15, 0.2) is 48.5 Å². The smallest absolute Gasteiger partial charge is 0.336 e. The molecule has 17 heavy (non-hydrogen) atoms. The average Bonchev–Trinajstić information content (AvgIpc) is 2.39. The second-order valence-corrected chi connectivity index (χ2v) is 4.02. The van der Waals surface area contributed by atoms with Gasteiger partial charge in [0.15, 0.2) is 0 Å². The van der Waals surface area contributed by atoms with Crippen molar-refractivity contribution in [1.29, 1.82) is 0 Å². The van der Waals surface area contributed by atoms with E-state index in [1.54, 1.807) is 12.1 Å². The van der Waals surface area contributed by atoms with Crippen LogP contribution in [0.2, 0.25) is 0 Å². The van der Waals surface area contributed by atoms with Gasteiger partial charge in [-0.2, -0.15) is 12.6 Å². The van der Waals surface area contributed by atoms with Crippen LogP contribution in [0.3, 0.4) is 0 Å². The van der Waals surface area contributed by atoms with Crippen molar-refractivity contribution in [1.82, 2.24) is 0 Å². The molecule has 0 unspecified atom stereocenters. The van der Waals surface area contributed by atoms with Crippen LogP contribution in [-0.4, -0.2) is 11.1 Å². The summed E-state index contributed by atoms with van der Waals surface area (Å²) in [5, 5.41) is 9.12. The van der Waals surface area contributed by atoms with Crippen LogP contribution in [0.4, 0.5) is 0 Å². The molecule has 0 fully saturated rings.